The molecule has 0 unspecified atom stereocenters. The first-order valence-corrected chi connectivity index (χ1v) is 14.0. The van der Waals surface area contributed by atoms with Crippen LogP contribution in [0.5, 0.6) is 0 Å². The number of hydrogen-bond donors (Lipinski definition) is 1. The largest absolute Gasteiger partial charge is 0.354 e. The van der Waals surface area contributed by atoms with Gasteiger partial charge in [-0.25, -0.2) is 8.42 Å². The summed E-state index contributed by atoms with van der Waals surface area (Å²) in [6, 6.07) is 25.8. The van der Waals surface area contributed by atoms with Crippen molar-refractivity contribution >= 4 is 33.4 Å². The van der Waals surface area contributed by atoms with E-state index in [2.05, 4.69) is 31.3 Å². The van der Waals surface area contributed by atoms with Crippen LogP contribution in [0.1, 0.15) is 37.3 Å². The van der Waals surface area contributed by atoms with Gasteiger partial charge in [0.25, 0.3) is 10.0 Å². The summed E-state index contributed by atoms with van der Waals surface area (Å²) in [5, 5.41) is 2.88. The molecule has 3 aromatic rings. The van der Waals surface area contributed by atoms with Gasteiger partial charge in [-0.3, -0.25) is 9.10 Å². The topological polar surface area (TPSA) is 66.5 Å². The Labute approximate surface area is 207 Å². The molecule has 0 heterocycles. The van der Waals surface area contributed by atoms with Gasteiger partial charge < -0.3 is 5.32 Å². The molecular weight excluding hydrogens is 464 g/mol. The lowest BCUT2D eigenvalue weighted by Crippen LogP contribution is -2.41. The Morgan fingerprint density at radius 1 is 0.912 bits per heavy atom. The quantitative estimate of drug-likeness (QED) is 0.339. The maximum Gasteiger partial charge on any atom is 0.264 e. The molecule has 3 aromatic carbocycles. The summed E-state index contributed by atoms with van der Waals surface area (Å²) >= 11 is 1.82. The molecule has 0 spiro atoms. The Hall–Kier alpha value is -2.77. The number of sulfonamides is 1. The second-order valence-corrected chi connectivity index (χ2v) is 11.3. The molecule has 5 nitrogen and oxygen atoms in total. The summed E-state index contributed by atoms with van der Waals surface area (Å²) in [6.45, 7) is 4.40. The Kier molecular flexibility index (Phi) is 9.60. The molecule has 0 aliphatic rings. The summed E-state index contributed by atoms with van der Waals surface area (Å²) in [6.07, 6.45) is 0.817. The number of anilines is 1. The van der Waals surface area contributed by atoms with Gasteiger partial charge in [-0.15, -0.1) is 0 Å². The van der Waals surface area contributed by atoms with Crippen molar-refractivity contribution in [1.29, 1.82) is 0 Å². The first-order valence-electron chi connectivity index (χ1n) is 11.4. The number of amides is 1. The minimum Gasteiger partial charge on any atom is -0.354 e. The van der Waals surface area contributed by atoms with Crippen molar-refractivity contribution in [2.24, 2.45) is 0 Å². The molecule has 0 bridgehead atoms. The smallest absolute Gasteiger partial charge is 0.264 e. The molecule has 0 aliphatic carbocycles. The third kappa shape index (κ3) is 7.37. The minimum atomic E-state index is -3.88. The second kappa shape index (κ2) is 12.6. The fourth-order valence-corrected chi connectivity index (χ4v) is 5.78. The highest BCUT2D eigenvalue weighted by molar-refractivity contribution is 7.98. The van der Waals surface area contributed by atoms with Crippen molar-refractivity contribution in [3.63, 3.8) is 0 Å². The van der Waals surface area contributed by atoms with E-state index in [0.717, 1.165) is 23.5 Å². The minimum absolute atomic E-state index is 0.160. The molecule has 0 fully saturated rings. The fraction of sp³-hybridized carbons (Fsp3) is 0.296. The molecule has 0 saturated heterocycles. The van der Waals surface area contributed by atoms with E-state index in [4.69, 9.17) is 0 Å². The van der Waals surface area contributed by atoms with Gasteiger partial charge in [0, 0.05) is 12.3 Å². The van der Waals surface area contributed by atoms with Crippen LogP contribution in [0.25, 0.3) is 0 Å². The van der Waals surface area contributed by atoms with Crippen LogP contribution >= 0.6 is 11.8 Å². The lowest BCUT2D eigenvalue weighted by Gasteiger charge is -2.24. The fourth-order valence-electron chi connectivity index (χ4n) is 3.41. The Bertz CT molecular complexity index is 1130. The predicted octanol–water partition coefficient (Wildman–Crippen LogP) is 5.45. The molecule has 0 aliphatic heterocycles. The zero-order valence-corrected chi connectivity index (χ0v) is 21.3. The van der Waals surface area contributed by atoms with Crippen molar-refractivity contribution in [2.75, 3.05) is 23.1 Å². The van der Waals surface area contributed by atoms with Crippen molar-refractivity contribution in [2.45, 2.75) is 36.8 Å². The zero-order chi connectivity index (χ0) is 24.4. The summed E-state index contributed by atoms with van der Waals surface area (Å²) < 4.78 is 27.9. The van der Waals surface area contributed by atoms with E-state index in [-0.39, 0.29) is 17.3 Å². The van der Waals surface area contributed by atoms with Crippen molar-refractivity contribution in [1.82, 2.24) is 5.32 Å². The highest BCUT2D eigenvalue weighted by Gasteiger charge is 2.27. The van der Waals surface area contributed by atoms with E-state index in [1.807, 2.05) is 42.1 Å². The number of thioether (sulfide) groups is 1. The first kappa shape index (κ1) is 25.8. The van der Waals surface area contributed by atoms with Gasteiger partial charge in [-0.05, 0) is 53.5 Å². The van der Waals surface area contributed by atoms with Gasteiger partial charge in [0.15, 0.2) is 0 Å². The van der Waals surface area contributed by atoms with E-state index < -0.39 is 10.0 Å². The average Bonchev–Trinajstić information content (AvgIpc) is 2.86. The molecule has 1 amide bonds. The van der Waals surface area contributed by atoms with Crippen LogP contribution < -0.4 is 9.62 Å². The van der Waals surface area contributed by atoms with Gasteiger partial charge in [0.2, 0.25) is 5.91 Å². The molecule has 0 radical (unpaired) electrons. The number of hydrogen-bond acceptors (Lipinski definition) is 4. The Morgan fingerprint density at radius 3 is 2.15 bits per heavy atom. The van der Waals surface area contributed by atoms with Gasteiger partial charge in [0.05, 0.1) is 10.6 Å². The summed E-state index contributed by atoms with van der Waals surface area (Å²) in [4.78, 5) is 12.9. The molecule has 0 aromatic heterocycles. The third-order valence-corrected chi connectivity index (χ3v) is 8.27. The molecule has 3 rings (SSSR count). The highest BCUT2D eigenvalue weighted by atomic mass is 32.2. The maximum atomic E-state index is 13.4. The summed E-state index contributed by atoms with van der Waals surface area (Å²) in [5.41, 5.74) is 2.86. The Morgan fingerprint density at radius 2 is 1.53 bits per heavy atom. The van der Waals surface area contributed by atoms with E-state index in [1.54, 1.807) is 42.5 Å². The maximum absolute atomic E-state index is 13.4. The molecule has 34 heavy (non-hydrogen) atoms. The van der Waals surface area contributed by atoms with Crippen LogP contribution in [0.4, 0.5) is 5.69 Å². The van der Waals surface area contributed by atoms with Gasteiger partial charge in [-0.2, -0.15) is 11.8 Å². The van der Waals surface area contributed by atoms with Gasteiger partial charge in [-0.1, -0.05) is 74.5 Å². The number of carbonyl (C=O) groups excluding carboxylic acids is 1. The average molecular weight is 497 g/mol. The third-order valence-electron chi connectivity index (χ3n) is 5.37. The van der Waals surface area contributed by atoms with E-state index in [0.29, 0.717) is 18.2 Å². The monoisotopic (exact) mass is 496 g/mol. The number of benzene rings is 3. The van der Waals surface area contributed by atoms with Crippen LogP contribution in [0.15, 0.2) is 89.8 Å². The normalized spacial score (nSPS) is 11.4. The SMILES string of the molecule is CC(C)c1ccc(N(CC(=O)NCCCSCc2ccccc2)S(=O)(=O)c2ccccc2)cc1. The Balaban J connectivity index is 1.61. The second-order valence-electron chi connectivity index (χ2n) is 8.31. The molecule has 180 valence electrons. The molecule has 0 saturated carbocycles. The van der Waals surface area contributed by atoms with E-state index in [9.17, 15) is 13.2 Å². The standard InChI is InChI=1S/C27H32N2O3S2/c1-22(2)24-14-16-25(17-15-24)29(34(31,32)26-12-7-4-8-13-26)20-27(30)28-18-9-19-33-21-23-10-5-3-6-11-23/h3-8,10-17,22H,9,18-21H2,1-2H3,(H,28,30). The van der Waals surface area contributed by atoms with Crippen LogP contribution in [0.3, 0.4) is 0 Å². The van der Waals surface area contributed by atoms with E-state index in [1.165, 1.54) is 9.87 Å². The number of nitrogens with zero attached hydrogens (tertiary/aromatic N) is 1. The lowest BCUT2D eigenvalue weighted by atomic mass is 10.0. The number of rotatable bonds is 12. The molecule has 7 heteroatoms. The number of carbonyl (C=O) groups is 1. The van der Waals surface area contributed by atoms with Crippen LogP contribution in [0.2, 0.25) is 0 Å². The van der Waals surface area contributed by atoms with Crippen molar-refractivity contribution in [3.05, 3.63) is 96.1 Å². The van der Waals surface area contributed by atoms with Gasteiger partial charge in [0.1, 0.15) is 6.54 Å². The van der Waals surface area contributed by atoms with E-state index >= 15 is 0 Å². The summed E-state index contributed by atoms with van der Waals surface area (Å²) in [5.74, 6) is 1.86. The van der Waals surface area contributed by atoms with Crippen LogP contribution in [-0.2, 0) is 20.6 Å². The first-order chi connectivity index (χ1) is 16.4. The van der Waals surface area contributed by atoms with Crippen LogP contribution in [0, 0.1) is 0 Å². The lowest BCUT2D eigenvalue weighted by molar-refractivity contribution is -0.119. The molecule has 0 atom stereocenters. The zero-order valence-electron chi connectivity index (χ0n) is 19.7. The summed E-state index contributed by atoms with van der Waals surface area (Å²) in [7, 11) is -3.88. The van der Waals surface area contributed by atoms with Crippen molar-refractivity contribution in [3.8, 4) is 0 Å². The highest BCUT2D eigenvalue weighted by Crippen LogP contribution is 2.25. The van der Waals surface area contributed by atoms with Crippen LogP contribution in [-0.4, -0.2) is 33.2 Å². The van der Waals surface area contributed by atoms with Crippen molar-refractivity contribution < 1.29 is 13.2 Å². The van der Waals surface area contributed by atoms with Gasteiger partial charge >= 0.3 is 0 Å². The number of nitrogens with one attached hydrogen (secondary N) is 1. The molecule has 1 N–H and O–H groups in total. The molecular formula is C27H32N2O3S2. The predicted molar refractivity (Wildman–Crippen MR) is 142 cm³/mol.